The minimum atomic E-state index is -4.06. The first kappa shape index (κ1) is 22.1. The maximum Gasteiger partial charge on any atom is 0.262 e. The van der Waals surface area contributed by atoms with E-state index in [1.807, 2.05) is 0 Å². The number of methoxy groups -OCH3 is 1. The lowest BCUT2D eigenvalue weighted by Crippen LogP contribution is -2.19. The van der Waals surface area contributed by atoms with Crippen LogP contribution in [0.1, 0.15) is 20.7 Å². The highest BCUT2D eigenvalue weighted by Crippen LogP contribution is 2.30. The zero-order chi connectivity index (χ0) is 22.6. The zero-order valence-electron chi connectivity index (χ0n) is 16.3. The van der Waals surface area contributed by atoms with Gasteiger partial charge in [0.2, 0.25) is 0 Å². The number of para-hydroxylation sites is 1. The molecule has 0 spiro atoms. The van der Waals surface area contributed by atoms with Crippen LogP contribution in [0.25, 0.3) is 0 Å². The lowest BCUT2D eigenvalue weighted by atomic mass is 10.1. The van der Waals surface area contributed by atoms with Crippen LogP contribution in [0.4, 0.5) is 11.4 Å². The van der Waals surface area contributed by atoms with E-state index in [2.05, 4.69) is 10.0 Å². The van der Waals surface area contributed by atoms with E-state index in [9.17, 15) is 18.0 Å². The van der Waals surface area contributed by atoms with E-state index in [1.54, 1.807) is 18.2 Å². The highest BCUT2D eigenvalue weighted by molar-refractivity contribution is 7.92. The highest BCUT2D eigenvalue weighted by Gasteiger charge is 2.19. The van der Waals surface area contributed by atoms with E-state index < -0.39 is 21.8 Å². The number of nitrogens with one attached hydrogen (secondary N) is 2. The molecule has 0 radical (unpaired) electrons. The Balaban J connectivity index is 1.88. The van der Waals surface area contributed by atoms with Crippen LogP contribution in [0.5, 0.6) is 5.75 Å². The Labute approximate surface area is 184 Å². The second-order valence-corrected chi connectivity index (χ2v) is 8.46. The minimum absolute atomic E-state index is 0.0696. The Morgan fingerprint density at radius 3 is 2.42 bits per heavy atom. The molecule has 3 rings (SSSR count). The van der Waals surface area contributed by atoms with Gasteiger partial charge in [-0.2, -0.15) is 0 Å². The molecule has 3 aromatic rings. The summed E-state index contributed by atoms with van der Waals surface area (Å²) in [6, 6.07) is 16.2. The van der Waals surface area contributed by atoms with Crippen molar-refractivity contribution in [3.8, 4) is 5.75 Å². The average Bonchev–Trinajstić information content (AvgIpc) is 2.74. The fourth-order valence-corrected chi connectivity index (χ4v) is 4.05. The van der Waals surface area contributed by atoms with Gasteiger partial charge in [0.05, 0.1) is 28.9 Å². The van der Waals surface area contributed by atoms with Gasteiger partial charge in [-0.25, -0.2) is 8.42 Å². The zero-order valence-corrected chi connectivity index (χ0v) is 17.8. The van der Waals surface area contributed by atoms with Gasteiger partial charge in [-0.05, 0) is 48.5 Å². The van der Waals surface area contributed by atoms with Crippen molar-refractivity contribution in [2.75, 3.05) is 17.1 Å². The quantitative estimate of drug-likeness (QED) is 0.498. The molecule has 31 heavy (non-hydrogen) atoms. The van der Waals surface area contributed by atoms with E-state index in [1.165, 1.54) is 55.6 Å². The Bertz CT molecular complexity index is 1260. The van der Waals surface area contributed by atoms with Crippen LogP contribution >= 0.6 is 11.6 Å². The third-order valence-corrected chi connectivity index (χ3v) is 5.85. The molecule has 0 aromatic heterocycles. The standard InChI is InChI=1S/C21H18ClN3O5S/c1-30-19-10-9-14(22)12-18(19)25-31(28,29)15-6-4-5-13(11-15)21(27)24-17-8-3-2-7-16(17)20(23)26/h2-12,25H,1H3,(H2,23,26)(H,24,27). The fourth-order valence-electron chi connectivity index (χ4n) is 2.77. The Hall–Kier alpha value is -3.56. The van der Waals surface area contributed by atoms with Gasteiger partial charge in [-0.15, -0.1) is 0 Å². The van der Waals surface area contributed by atoms with Gasteiger partial charge in [-0.1, -0.05) is 29.8 Å². The minimum Gasteiger partial charge on any atom is -0.495 e. The smallest absolute Gasteiger partial charge is 0.262 e. The molecule has 8 nitrogen and oxygen atoms in total. The van der Waals surface area contributed by atoms with E-state index >= 15 is 0 Å². The second kappa shape index (κ2) is 9.07. The molecular weight excluding hydrogens is 442 g/mol. The summed E-state index contributed by atoms with van der Waals surface area (Å²) in [6.45, 7) is 0. The molecule has 0 fully saturated rings. The number of primary amides is 1. The third-order valence-electron chi connectivity index (χ3n) is 4.25. The van der Waals surface area contributed by atoms with Gasteiger partial charge in [-0.3, -0.25) is 14.3 Å². The predicted octanol–water partition coefficient (Wildman–Crippen LogP) is 3.50. The first-order valence-corrected chi connectivity index (χ1v) is 10.7. The number of ether oxygens (including phenoxy) is 1. The van der Waals surface area contributed by atoms with Gasteiger partial charge in [0.25, 0.3) is 21.8 Å². The number of amides is 2. The normalized spacial score (nSPS) is 10.9. The van der Waals surface area contributed by atoms with Crippen LogP contribution in [0, 0.1) is 0 Å². The lowest BCUT2D eigenvalue weighted by Gasteiger charge is -2.13. The maximum absolute atomic E-state index is 12.9. The van der Waals surface area contributed by atoms with Gasteiger partial charge >= 0.3 is 0 Å². The second-order valence-electron chi connectivity index (χ2n) is 6.34. The average molecular weight is 460 g/mol. The topological polar surface area (TPSA) is 128 Å². The number of carbonyl (C=O) groups is 2. The SMILES string of the molecule is COc1ccc(Cl)cc1NS(=O)(=O)c1cccc(C(=O)Nc2ccccc2C(N)=O)c1. The number of hydrogen-bond acceptors (Lipinski definition) is 5. The number of sulfonamides is 1. The molecule has 0 aliphatic rings. The van der Waals surface area contributed by atoms with Crippen molar-refractivity contribution in [2.45, 2.75) is 4.90 Å². The van der Waals surface area contributed by atoms with Gasteiger partial charge in [0, 0.05) is 10.6 Å². The third kappa shape index (κ3) is 5.14. The molecule has 3 aromatic carbocycles. The molecule has 0 atom stereocenters. The molecule has 0 heterocycles. The molecule has 160 valence electrons. The highest BCUT2D eigenvalue weighted by atomic mass is 35.5. The molecule has 0 unspecified atom stereocenters. The van der Waals surface area contributed by atoms with Crippen molar-refractivity contribution in [1.82, 2.24) is 0 Å². The van der Waals surface area contributed by atoms with Crippen LogP contribution in [-0.2, 0) is 10.0 Å². The molecule has 0 aliphatic heterocycles. The van der Waals surface area contributed by atoms with E-state index in [-0.39, 0.29) is 33.1 Å². The predicted molar refractivity (Wildman–Crippen MR) is 118 cm³/mol. The number of rotatable bonds is 7. The van der Waals surface area contributed by atoms with Crippen molar-refractivity contribution >= 4 is 44.8 Å². The molecule has 0 aliphatic carbocycles. The summed E-state index contributed by atoms with van der Waals surface area (Å²) in [6.07, 6.45) is 0. The Morgan fingerprint density at radius 1 is 0.968 bits per heavy atom. The van der Waals surface area contributed by atoms with Crippen molar-refractivity contribution in [2.24, 2.45) is 5.73 Å². The number of nitrogens with two attached hydrogens (primary N) is 1. The molecule has 2 amide bonds. The molecule has 0 bridgehead atoms. The molecule has 0 saturated heterocycles. The summed E-state index contributed by atoms with van der Waals surface area (Å²) in [5.41, 5.74) is 5.89. The Kier molecular flexibility index (Phi) is 6.47. The van der Waals surface area contributed by atoms with Crippen molar-refractivity contribution in [1.29, 1.82) is 0 Å². The lowest BCUT2D eigenvalue weighted by molar-refractivity contribution is 0.100. The van der Waals surface area contributed by atoms with Gasteiger partial charge in [0.1, 0.15) is 5.75 Å². The first-order chi connectivity index (χ1) is 14.7. The molecule has 0 saturated carbocycles. The van der Waals surface area contributed by atoms with Crippen LogP contribution in [0.2, 0.25) is 5.02 Å². The maximum atomic E-state index is 12.9. The van der Waals surface area contributed by atoms with Gasteiger partial charge < -0.3 is 15.8 Å². The number of carbonyl (C=O) groups excluding carboxylic acids is 2. The summed E-state index contributed by atoms with van der Waals surface area (Å²) >= 11 is 5.95. The largest absolute Gasteiger partial charge is 0.495 e. The van der Waals surface area contributed by atoms with Crippen molar-refractivity contribution in [3.63, 3.8) is 0 Å². The van der Waals surface area contributed by atoms with Crippen LogP contribution in [0.3, 0.4) is 0 Å². The summed E-state index contributed by atoms with van der Waals surface area (Å²) in [5.74, 6) is -1.03. The van der Waals surface area contributed by atoms with Crippen molar-refractivity contribution in [3.05, 3.63) is 82.9 Å². The first-order valence-electron chi connectivity index (χ1n) is 8.88. The summed E-state index contributed by atoms with van der Waals surface area (Å²) in [7, 11) is -2.66. The number of benzene rings is 3. The number of halogens is 1. The Morgan fingerprint density at radius 2 is 1.71 bits per heavy atom. The van der Waals surface area contributed by atoms with Crippen molar-refractivity contribution < 1.29 is 22.7 Å². The molecule has 10 heteroatoms. The number of anilines is 2. The van der Waals surface area contributed by atoms with E-state index in [0.717, 1.165) is 0 Å². The fraction of sp³-hybridized carbons (Fsp3) is 0.0476. The van der Waals surface area contributed by atoms with Gasteiger partial charge in [0.15, 0.2) is 0 Å². The number of hydrogen-bond donors (Lipinski definition) is 3. The van der Waals surface area contributed by atoms with E-state index in [0.29, 0.717) is 5.02 Å². The summed E-state index contributed by atoms with van der Waals surface area (Å²) in [5, 5.41) is 2.89. The van der Waals surface area contributed by atoms with Crippen LogP contribution in [0.15, 0.2) is 71.6 Å². The summed E-state index contributed by atoms with van der Waals surface area (Å²) in [4.78, 5) is 24.0. The molecule has 4 N–H and O–H groups in total. The van der Waals surface area contributed by atoms with Crippen LogP contribution < -0.4 is 20.5 Å². The van der Waals surface area contributed by atoms with Crippen LogP contribution in [-0.4, -0.2) is 27.3 Å². The van der Waals surface area contributed by atoms with E-state index in [4.69, 9.17) is 22.1 Å². The monoisotopic (exact) mass is 459 g/mol. The molecular formula is C21H18ClN3O5S. The summed E-state index contributed by atoms with van der Waals surface area (Å²) < 4.78 is 33.3.